The minimum atomic E-state index is -0.0199. The maximum absolute atomic E-state index is 11.1. The van der Waals surface area contributed by atoms with Crippen LogP contribution in [0.1, 0.15) is 33.1 Å². The number of rotatable bonds is 7. The van der Waals surface area contributed by atoms with Crippen LogP contribution in [0.2, 0.25) is 0 Å². The summed E-state index contributed by atoms with van der Waals surface area (Å²) < 4.78 is 0. The topological polar surface area (TPSA) is 46.2 Å². The van der Waals surface area contributed by atoms with Gasteiger partial charge in [-0.25, -0.2) is 0 Å². The molecule has 0 saturated carbocycles. The average molecular weight is 217 g/mol. The molecule has 0 heterocycles. The van der Waals surface area contributed by atoms with Crippen molar-refractivity contribution >= 4 is 23.5 Å². The Morgan fingerprint density at radius 3 is 2.50 bits per heavy atom. The molecule has 1 amide bonds. The first-order valence-corrected chi connectivity index (χ1v) is 6.14. The summed E-state index contributed by atoms with van der Waals surface area (Å²) >= 11 is 1.79. The number of nitrogens with one attached hydrogen (secondary N) is 1. The third-order valence-corrected chi connectivity index (χ3v) is 3.02. The van der Waals surface area contributed by atoms with Gasteiger partial charge in [0.25, 0.3) is 0 Å². The highest BCUT2D eigenvalue weighted by Gasteiger charge is 2.04. The molecule has 0 aliphatic carbocycles. The van der Waals surface area contributed by atoms with E-state index in [1.54, 1.807) is 11.8 Å². The van der Waals surface area contributed by atoms with Crippen molar-refractivity contribution in [1.29, 1.82) is 0 Å². The summed E-state index contributed by atoms with van der Waals surface area (Å²) in [6.45, 7) is 4.34. The lowest BCUT2D eigenvalue weighted by Crippen LogP contribution is -2.26. The van der Waals surface area contributed by atoms with Crippen LogP contribution in [0.15, 0.2) is 0 Å². The predicted molar refractivity (Wildman–Crippen MR) is 60.5 cm³/mol. The van der Waals surface area contributed by atoms with Gasteiger partial charge in [0.2, 0.25) is 5.91 Å². The van der Waals surface area contributed by atoms with Crippen molar-refractivity contribution in [2.45, 2.75) is 38.4 Å². The summed E-state index contributed by atoms with van der Waals surface area (Å²) in [6, 6.07) is 0. The molecule has 14 heavy (non-hydrogen) atoms. The Hall–Kier alpha value is -0.510. The summed E-state index contributed by atoms with van der Waals surface area (Å²) in [5, 5.41) is 3.37. The van der Waals surface area contributed by atoms with Crippen molar-refractivity contribution in [3.63, 3.8) is 0 Å². The molecule has 0 radical (unpaired) electrons. The highest BCUT2D eigenvalue weighted by Crippen LogP contribution is 2.07. The number of hydrogen-bond donors (Lipinski definition) is 1. The summed E-state index contributed by atoms with van der Waals surface area (Å²) in [5.74, 6) is 0.0473. The first kappa shape index (κ1) is 13.5. The van der Waals surface area contributed by atoms with Crippen LogP contribution in [0.4, 0.5) is 0 Å². The van der Waals surface area contributed by atoms with Crippen molar-refractivity contribution in [2.24, 2.45) is 0 Å². The fourth-order valence-electron chi connectivity index (χ4n) is 0.911. The Balaban J connectivity index is 3.40. The van der Waals surface area contributed by atoms with Crippen LogP contribution < -0.4 is 5.32 Å². The standard InChI is InChI=1S/C10H19NO2S/c1-8(12)4-5-10(13)11-7-6-9(2)14-3/h9H,4-7H2,1-3H3,(H,11,13). The van der Waals surface area contributed by atoms with E-state index in [9.17, 15) is 9.59 Å². The molecule has 4 heteroatoms. The number of Topliss-reactive ketones (excluding diaryl/α,β-unsaturated/α-hetero) is 1. The van der Waals surface area contributed by atoms with Gasteiger partial charge in [0.15, 0.2) is 0 Å². The number of carbonyl (C=O) groups is 2. The predicted octanol–water partition coefficient (Wildman–Crippen LogP) is 1.61. The van der Waals surface area contributed by atoms with Crippen LogP contribution in [-0.4, -0.2) is 29.7 Å². The fourth-order valence-corrected chi connectivity index (χ4v) is 1.26. The second-order valence-corrected chi connectivity index (χ2v) is 4.66. The number of carbonyl (C=O) groups excluding carboxylic acids is 2. The van der Waals surface area contributed by atoms with Crippen LogP contribution in [0.5, 0.6) is 0 Å². The van der Waals surface area contributed by atoms with Crippen molar-refractivity contribution in [1.82, 2.24) is 5.32 Å². The number of amides is 1. The number of ketones is 1. The molecular weight excluding hydrogens is 198 g/mol. The molecule has 1 atom stereocenters. The van der Waals surface area contributed by atoms with E-state index in [1.165, 1.54) is 6.92 Å². The summed E-state index contributed by atoms with van der Waals surface area (Å²) in [5.41, 5.74) is 0. The zero-order chi connectivity index (χ0) is 11.0. The second-order valence-electron chi connectivity index (χ2n) is 3.39. The molecular formula is C10H19NO2S. The molecule has 0 bridgehead atoms. The molecule has 0 aromatic heterocycles. The molecule has 82 valence electrons. The smallest absolute Gasteiger partial charge is 0.220 e. The van der Waals surface area contributed by atoms with Crippen molar-refractivity contribution in [3.05, 3.63) is 0 Å². The molecule has 3 nitrogen and oxygen atoms in total. The first-order valence-electron chi connectivity index (χ1n) is 4.85. The SMILES string of the molecule is CSC(C)CCNC(=O)CCC(C)=O. The molecule has 0 aromatic carbocycles. The Bertz CT molecular complexity index is 195. The Labute approximate surface area is 90.0 Å². The quantitative estimate of drug-likeness (QED) is 0.705. The van der Waals surface area contributed by atoms with Gasteiger partial charge >= 0.3 is 0 Å². The van der Waals surface area contributed by atoms with Gasteiger partial charge in [-0.1, -0.05) is 6.92 Å². The van der Waals surface area contributed by atoms with E-state index in [-0.39, 0.29) is 11.7 Å². The maximum atomic E-state index is 11.1. The maximum Gasteiger partial charge on any atom is 0.220 e. The van der Waals surface area contributed by atoms with Gasteiger partial charge in [0.05, 0.1) is 0 Å². The zero-order valence-electron chi connectivity index (χ0n) is 9.13. The van der Waals surface area contributed by atoms with Crippen molar-refractivity contribution in [3.8, 4) is 0 Å². The molecule has 0 fully saturated rings. The summed E-state index contributed by atoms with van der Waals surface area (Å²) in [4.78, 5) is 21.7. The minimum absolute atomic E-state index is 0.0199. The minimum Gasteiger partial charge on any atom is -0.356 e. The third kappa shape index (κ3) is 8.10. The Morgan fingerprint density at radius 2 is 2.00 bits per heavy atom. The van der Waals surface area contributed by atoms with E-state index in [2.05, 4.69) is 18.5 Å². The molecule has 0 aliphatic heterocycles. The van der Waals surface area contributed by atoms with Gasteiger partial charge in [0.1, 0.15) is 5.78 Å². The lowest BCUT2D eigenvalue weighted by Gasteiger charge is -2.08. The van der Waals surface area contributed by atoms with Gasteiger partial charge < -0.3 is 10.1 Å². The first-order chi connectivity index (χ1) is 6.56. The molecule has 1 N–H and O–H groups in total. The monoisotopic (exact) mass is 217 g/mol. The zero-order valence-corrected chi connectivity index (χ0v) is 9.95. The Kier molecular flexibility index (Phi) is 7.57. The van der Waals surface area contributed by atoms with Gasteiger partial charge in [0, 0.05) is 24.6 Å². The van der Waals surface area contributed by atoms with Crippen molar-refractivity contribution < 1.29 is 9.59 Å². The molecule has 0 aliphatic rings. The molecule has 0 rings (SSSR count). The molecule has 0 spiro atoms. The van der Waals surface area contributed by atoms with Crippen LogP contribution in [0.25, 0.3) is 0 Å². The van der Waals surface area contributed by atoms with E-state index in [0.717, 1.165) is 6.42 Å². The van der Waals surface area contributed by atoms with E-state index >= 15 is 0 Å². The van der Waals surface area contributed by atoms with Crippen LogP contribution in [-0.2, 0) is 9.59 Å². The summed E-state index contributed by atoms with van der Waals surface area (Å²) in [7, 11) is 0. The normalized spacial score (nSPS) is 12.2. The van der Waals surface area contributed by atoms with Gasteiger partial charge in [-0.3, -0.25) is 4.79 Å². The summed E-state index contributed by atoms with van der Waals surface area (Å²) in [6.07, 6.45) is 3.71. The molecule has 1 unspecified atom stereocenters. The molecule has 0 aromatic rings. The van der Waals surface area contributed by atoms with Gasteiger partial charge in [-0.15, -0.1) is 0 Å². The lowest BCUT2D eigenvalue weighted by atomic mass is 10.2. The largest absolute Gasteiger partial charge is 0.356 e. The Morgan fingerprint density at radius 1 is 1.36 bits per heavy atom. The van der Waals surface area contributed by atoms with E-state index in [4.69, 9.17) is 0 Å². The van der Waals surface area contributed by atoms with E-state index in [1.807, 2.05) is 0 Å². The highest BCUT2D eigenvalue weighted by atomic mass is 32.2. The van der Waals surface area contributed by atoms with Crippen LogP contribution in [0, 0.1) is 0 Å². The second kappa shape index (κ2) is 7.85. The third-order valence-electron chi connectivity index (χ3n) is 1.98. The van der Waals surface area contributed by atoms with E-state index < -0.39 is 0 Å². The van der Waals surface area contributed by atoms with Crippen molar-refractivity contribution in [2.75, 3.05) is 12.8 Å². The lowest BCUT2D eigenvalue weighted by molar-refractivity contribution is -0.124. The van der Waals surface area contributed by atoms with E-state index in [0.29, 0.717) is 24.6 Å². The van der Waals surface area contributed by atoms with Crippen LogP contribution in [0.3, 0.4) is 0 Å². The number of hydrogen-bond acceptors (Lipinski definition) is 3. The van der Waals surface area contributed by atoms with Crippen LogP contribution >= 0.6 is 11.8 Å². The average Bonchev–Trinajstić information content (AvgIpc) is 2.14. The van der Waals surface area contributed by atoms with Gasteiger partial charge in [-0.05, 0) is 19.6 Å². The molecule has 0 saturated heterocycles. The fraction of sp³-hybridized carbons (Fsp3) is 0.800. The highest BCUT2D eigenvalue weighted by molar-refractivity contribution is 7.99. The number of thioether (sulfide) groups is 1. The van der Waals surface area contributed by atoms with Gasteiger partial charge in [-0.2, -0.15) is 11.8 Å².